The van der Waals surface area contributed by atoms with Gasteiger partial charge in [0.2, 0.25) is 11.8 Å². The maximum Gasteiger partial charge on any atom is 0.227 e. The fourth-order valence-electron chi connectivity index (χ4n) is 3.50. The normalized spacial score (nSPS) is 20.0. The topological polar surface area (TPSA) is 49.9 Å². The van der Waals surface area contributed by atoms with Crippen LogP contribution in [0.25, 0.3) is 0 Å². The number of rotatable bonds is 7. The summed E-state index contributed by atoms with van der Waals surface area (Å²) < 4.78 is 5.82. The van der Waals surface area contributed by atoms with E-state index in [0.29, 0.717) is 32.2 Å². The molecule has 0 aromatic heterocycles. The number of carbonyl (C=O) groups excluding carboxylic acids is 2. The SMILES string of the molecule is Cc1ccc(OCCCN(C)C(=O)[C@H]2CC(=O)N(C3CC3)C2)c(C)c1. The van der Waals surface area contributed by atoms with E-state index in [1.54, 1.807) is 4.90 Å². The lowest BCUT2D eigenvalue weighted by molar-refractivity contribution is -0.134. The molecule has 3 rings (SSSR count). The van der Waals surface area contributed by atoms with Gasteiger partial charge in [-0.25, -0.2) is 0 Å². The molecule has 1 saturated heterocycles. The fraction of sp³-hybridized carbons (Fsp3) is 0.600. The predicted molar refractivity (Wildman–Crippen MR) is 96.5 cm³/mol. The second kappa shape index (κ2) is 7.46. The van der Waals surface area contributed by atoms with Crippen molar-refractivity contribution < 1.29 is 14.3 Å². The number of hydrogen-bond donors (Lipinski definition) is 0. The van der Waals surface area contributed by atoms with E-state index in [-0.39, 0.29) is 17.7 Å². The van der Waals surface area contributed by atoms with Gasteiger partial charge in [0.05, 0.1) is 12.5 Å². The van der Waals surface area contributed by atoms with Crippen LogP contribution in [0.15, 0.2) is 18.2 Å². The average molecular weight is 344 g/mol. The summed E-state index contributed by atoms with van der Waals surface area (Å²) in [4.78, 5) is 28.2. The Morgan fingerprint density at radius 2 is 2.08 bits per heavy atom. The van der Waals surface area contributed by atoms with Gasteiger partial charge in [0.15, 0.2) is 0 Å². The van der Waals surface area contributed by atoms with Crippen molar-refractivity contribution >= 4 is 11.8 Å². The van der Waals surface area contributed by atoms with Gasteiger partial charge in [0.1, 0.15) is 5.75 Å². The van der Waals surface area contributed by atoms with Crippen molar-refractivity contribution in [2.75, 3.05) is 26.7 Å². The van der Waals surface area contributed by atoms with Crippen molar-refractivity contribution in [3.8, 4) is 5.75 Å². The lowest BCUT2D eigenvalue weighted by Crippen LogP contribution is -2.36. The van der Waals surface area contributed by atoms with Crippen LogP contribution >= 0.6 is 0 Å². The van der Waals surface area contributed by atoms with Crippen LogP contribution in [0.2, 0.25) is 0 Å². The van der Waals surface area contributed by atoms with Crippen molar-refractivity contribution in [2.24, 2.45) is 5.92 Å². The first-order valence-corrected chi connectivity index (χ1v) is 9.20. The average Bonchev–Trinajstić information content (AvgIpc) is 3.34. The molecule has 1 aromatic rings. The number of nitrogens with zero attached hydrogens (tertiary/aromatic N) is 2. The first kappa shape index (κ1) is 17.8. The number of ether oxygens (including phenoxy) is 1. The third-order valence-electron chi connectivity index (χ3n) is 5.10. The molecular weight excluding hydrogens is 316 g/mol. The van der Waals surface area contributed by atoms with Gasteiger partial charge in [-0.3, -0.25) is 9.59 Å². The van der Waals surface area contributed by atoms with Gasteiger partial charge in [-0.1, -0.05) is 17.7 Å². The van der Waals surface area contributed by atoms with Gasteiger partial charge >= 0.3 is 0 Å². The maximum absolute atomic E-state index is 12.5. The second-order valence-corrected chi connectivity index (χ2v) is 7.41. The van der Waals surface area contributed by atoms with Gasteiger partial charge in [0.25, 0.3) is 0 Å². The highest BCUT2D eigenvalue weighted by atomic mass is 16.5. The molecule has 0 radical (unpaired) electrons. The molecule has 1 saturated carbocycles. The molecule has 1 heterocycles. The smallest absolute Gasteiger partial charge is 0.227 e. The van der Waals surface area contributed by atoms with E-state index in [1.807, 2.05) is 31.0 Å². The highest BCUT2D eigenvalue weighted by Gasteiger charge is 2.42. The molecule has 136 valence electrons. The van der Waals surface area contributed by atoms with E-state index < -0.39 is 0 Å². The molecule has 0 unspecified atom stereocenters. The number of carbonyl (C=O) groups is 2. The highest BCUT2D eigenvalue weighted by molar-refractivity contribution is 5.89. The molecular formula is C20H28N2O3. The van der Waals surface area contributed by atoms with Crippen molar-refractivity contribution in [1.29, 1.82) is 0 Å². The molecule has 1 aliphatic carbocycles. The van der Waals surface area contributed by atoms with E-state index in [1.165, 1.54) is 5.56 Å². The summed E-state index contributed by atoms with van der Waals surface area (Å²) in [7, 11) is 1.82. The lowest BCUT2D eigenvalue weighted by Gasteiger charge is -2.21. The lowest BCUT2D eigenvalue weighted by atomic mass is 10.1. The minimum atomic E-state index is -0.168. The molecule has 2 amide bonds. The zero-order valence-corrected chi connectivity index (χ0v) is 15.5. The summed E-state index contributed by atoms with van der Waals surface area (Å²) in [6.45, 7) is 5.94. The molecule has 1 aliphatic heterocycles. The molecule has 5 heteroatoms. The van der Waals surface area contributed by atoms with Crippen LogP contribution in [0, 0.1) is 19.8 Å². The summed E-state index contributed by atoms with van der Waals surface area (Å²) in [5.41, 5.74) is 2.36. The molecule has 2 fully saturated rings. The first-order valence-electron chi connectivity index (χ1n) is 9.20. The predicted octanol–water partition coefficient (Wildman–Crippen LogP) is 2.54. The summed E-state index contributed by atoms with van der Waals surface area (Å²) in [6, 6.07) is 6.55. The Balaban J connectivity index is 1.40. The molecule has 1 aromatic carbocycles. The fourth-order valence-corrected chi connectivity index (χ4v) is 3.50. The van der Waals surface area contributed by atoms with Crippen LogP contribution in [0.1, 0.15) is 36.8 Å². The third kappa shape index (κ3) is 4.33. The number of benzene rings is 1. The molecule has 5 nitrogen and oxygen atoms in total. The van der Waals surface area contributed by atoms with E-state index in [4.69, 9.17) is 4.74 Å². The molecule has 25 heavy (non-hydrogen) atoms. The molecule has 0 N–H and O–H groups in total. The van der Waals surface area contributed by atoms with Gasteiger partial charge in [0, 0.05) is 32.6 Å². The Morgan fingerprint density at radius 3 is 2.76 bits per heavy atom. The van der Waals surface area contributed by atoms with Gasteiger partial charge in [-0.15, -0.1) is 0 Å². The molecule has 0 spiro atoms. The van der Waals surface area contributed by atoms with Crippen LogP contribution in [0.4, 0.5) is 0 Å². The minimum absolute atomic E-state index is 0.0861. The molecule has 0 bridgehead atoms. The molecule has 1 atom stereocenters. The van der Waals surface area contributed by atoms with Crippen LogP contribution in [0.3, 0.4) is 0 Å². The number of hydrogen-bond acceptors (Lipinski definition) is 3. The van der Waals surface area contributed by atoms with Crippen molar-refractivity contribution in [1.82, 2.24) is 9.80 Å². The quantitative estimate of drug-likeness (QED) is 0.714. The van der Waals surface area contributed by atoms with E-state index >= 15 is 0 Å². The summed E-state index contributed by atoms with van der Waals surface area (Å²) in [5, 5.41) is 0. The highest BCUT2D eigenvalue weighted by Crippen LogP contribution is 2.33. The van der Waals surface area contributed by atoms with Crippen molar-refractivity contribution in [2.45, 2.75) is 45.6 Å². The Bertz CT molecular complexity index is 654. The Hall–Kier alpha value is -2.04. The number of aryl methyl sites for hydroxylation is 2. The van der Waals surface area contributed by atoms with E-state index in [9.17, 15) is 9.59 Å². The van der Waals surface area contributed by atoms with Crippen molar-refractivity contribution in [3.63, 3.8) is 0 Å². The van der Waals surface area contributed by atoms with E-state index in [0.717, 1.165) is 30.6 Å². The first-order chi connectivity index (χ1) is 12.0. The van der Waals surface area contributed by atoms with Gasteiger partial charge < -0.3 is 14.5 Å². The number of amides is 2. The number of likely N-dealkylation sites (tertiary alicyclic amines) is 1. The summed E-state index contributed by atoms with van der Waals surface area (Å²) in [6.07, 6.45) is 3.35. The standard InChI is InChI=1S/C20H28N2O3/c1-14-5-8-18(15(2)11-14)25-10-4-9-21(3)20(24)16-12-19(23)22(13-16)17-6-7-17/h5,8,11,16-17H,4,6-7,9-10,12-13H2,1-3H3/t16-/m0/s1. The summed E-state index contributed by atoms with van der Waals surface area (Å²) in [5.74, 6) is 0.967. The largest absolute Gasteiger partial charge is 0.493 e. The third-order valence-corrected chi connectivity index (χ3v) is 5.10. The van der Waals surface area contributed by atoms with Gasteiger partial charge in [-0.05, 0) is 44.7 Å². The summed E-state index contributed by atoms with van der Waals surface area (Å²) >= 11 is 0. The van der Waals surface area contributed by atoms with Crippen LogP contribution in [0.5, 0.6) is 5.75 Å². The van der Waals surface area contributed by atoms with Crippen LogP contribution < -0.4 is 4.74 Å². The Morgan fingerprint density at radius 1 is 1.32 bits per heavy atom. The zero-order chi connectivity index (χ0) is 18.0. The zero-order valence-electron chi connectivity index (χ0n) is 15.5. The maximum atomic E-state index is 12.5. The Labute approximate surface area is 149 Å². The van der Waals surface area contributed by atoms with Gasteiger partial charge in [-0.2, -0.15) is 0 Å². The van der Waals surface area contributed by atoms with Crippen molar-refractivity contribution in [3.05, 3.63) is 29.3 Å². The monoisotopic (exact) mass is 344 g/mol. The second-order valence-electron chi connectivity index (χ2n) is 7.41. The van der Waals surface area contributed by atoms with E-state index in [2.05, 4.69) is 13.0 Å². The van der Waals surface area contributed by atoms with Crippen LogP contribution in [-0.2, 0) is 9.59 Å². The minimum Gasteiger partial charge on any atom is -0.493 e. The Kier molecular flexibility index (Phi) is 5.30. The molecule has 2 aliphatic rings. The van der Waals surface area contributed by atoms with Crippen LogP contribution in [-0.4, -0.2) is 54.4 Å².